The monoisotopic (exact) mass is 416 g/mol. The van der Waals surface area contributed by atoms with E-state index in [1.807, 2.05) is 0 Å². The minimum atomic E-state index is -4.49. The number of alkyl halides is 3. The smallest absolute Gasteiger partial charge is 0.416 e. The average Bonchev–Trinajstić information content (AvgIpc) is 3.07. The number of aromatic nitrogens is 3. The van der Waals surface area contributed by atoms with Crippen molar-refractivity contribution in [1.82, 2.24) is 19.9 Å². The molecule has 0 aliphatic carbocycles. The first-order valence-electron chi connectivity index (χ1n) is 7.42. The largest absolute Gasteiger partial charge is 0.507 e. The normalized spacial score (nSPS) is 11.1. The molecule has 0 bridgehead atoms. The Hall–Kier alpha value is -3.34. The van der Waals surface area contributed by atoms with E-state index in [9.17, 15) is 27.9 Å². The number of aliphatic carboxylic acids is 1. The van der Waals surface area contributed by atoms with Gasteiger partial charge in [-0.1, -0.05) is 12.1 Å². The summed E-state index contributed by atoms with van der Waals surface area (Å²) in [7, 11) is 0. The highest BCUT2D eigenvalue weighted by molar-refractivity contribution is 6.04. The van der Waals surface area contributed by atoms with Crippen LogP contribution in [-0.2, 0) is 11.0 Å². The predicted octanol–water partition coefficient (Wildman–Crippen LogP) is 2.36. The van der Waals surface area contributed by atoms with E-state index in [1.54, 1.807) is 0 Å². The molecule has 0 saturated carbocycles. The highest BCUT2D eigenvalue weighted by Crippen LogP contribution is 2.33. The van der Waals surface area contributed by atoms with Crippen molar-refractivity contribution in [2.45, 2.75) is 6.18 Å². The van der Waals surface area contributed by atoms with Crippen LogP contribution in [0.5, 0.6) is 5.75 Å². The molecule has 0 unspecified atom stereocenters. The molecule has 1 aromatic carbocycles. The molecule has 2 heterocycles. The van der Waals surface area contributed by atoms with Gasteiger partial charge in [0.05, 0.1) is 11.3 Å². The number of nitrogens with one attached hydrogen (secondary N) is 1. The molecule has 28 heavy (non-hydrogen) atoms. The lowest BCUT2D eigenvalue weighted by Gasteiger charge is -2.12. The number of carbonyl (C=O) groups is 2. The van der Waals surface area contributed by atoms with Crippen molar-refractivity contribution in [1.29, 1.82) is 0 Å². The van der Waals surface area contributed by atoms with Crippen LogP contribution in [0.4, 0.5) is 13.2 Å². The fourth-order valence-corrected chi connectivity index (χ4v) is 2.46. The zero-order chi connectivity index (χ0) is 19.8. The van der Waals surface area contributed by atoms with Crippen LogP contribution in [-0.4, -0.2) is 43.2 Å². The predicted molar refractivity (Wildman–Crippen MR) is 92.3 cm³/mol. The number of hydrogen-bond acceptors (Lipinski definition) is 5. The third-order valence-electron chi connectivity index (χ3n) is 3.66. The minimum Gasteiger partial charge on any atom is -0.507 e. The molecular formula is C16H12ClF3N4O4. The van der Waals surface area contributed by atoms with Crippen LogP contribution in [0.1, 0.15) is 15.9 Å². The number of carboxylic acids is 1. The van der Waals surface area contributed by atoms with Gasteiger partial charge in [0, 0.05) is 11.6 Å². The van der Waals surface area contributed by atoms with Crippen LogP contribution < -0.4 is 5.32 Å². The summed E-state index contributed by atoms with van der Waals surface area (Å²) in [5.41, 5.74) is -0.720. The molecule has 0 fully saturated rings. The van der Waals surface area contributed by atoms with E-state index in [1.165, 1.54) is 12.1 Å². The van der Waals surface area contributed by atoms with Gasteiger partial charge in [-0.2, -0.15) is 18.3 Å². The van der Waals surface area contributed by atoms with Crippen LogP contribution in [0.3, 0.4) is 0 Å². The van der Waals surface area contributed by atoms with E-state index < -0.39 is 35.9 Å². The number of nitrogens with zero attached hydrogens (tertiary/aromatic N) is 3. The third kappa shape index (κ3) is 3.98. The van der Waals surface area contributed by atoms with Gasteiger partial charge >= 0.3 is 12.1 Å². The molecule has 8 nitrogen and oxygen atoms in total. The lowest BCUT2D eigenvalue weighted by molar-refractivity contribution is -0.137. The summed E-state index contributed by atoms with van der Waals surface area (Å²) in [4.78, 5) is 26.6. The second-order valence-electron chi connectivity index (χ2n) is 5.44. The van der Waals surface area contributed by atoms with Gasteiger partial charge in [0.15, 0.2) is 5.65 Å². The van der Waals surface area contributed by atoms with Crippen molar-refractivity contribution >= 4 is 29.9 Å². The first-order chi connectivity index (χ1) is 12.7. The Morgan fingerprint density at radius 3 is 2.39 bits per heavy atom. The zero-order valence-electron chi connectivity index (χ0n) is 13.8. The topological polar surface area (TPSA) is 117 Å². The number of carbonyl (C=O) groups excluding carboxylic acids is 1. The van der Waals surface area contributed by atoms with Crippen molar-refractivity contribution in [2.24, 2.45) is 0 Å². The number of carboxylic acid groups (broad SMARTS) is 1. The molecule has 0 aliphatic rings. The molecule has 3 N–H and O–H groups in total. The van der Waals surface area contributed by atoms with Gasteiger partial charge in [-0.05, 0) is 12.1 Å². The first-order valence-corrected chi connectivity index (χ1v) is 7.42. The van der Waals surface area contributed by atoms with Crippen LogP contribution in [0.2, 0.25) is 0 Å². The molecule has 0 saturated heterocycles. The molecule has 0 radical (unpaired) electrons. The molecule has 0 atom stereocenters. The Bertz CT molecular complexity index is 1030. The summed E-state index contributed by atoms with van der Waals surface area (Å²) in [6.45, 7) is -0.667. The number of benzene rings is 1. The zero-order valence-corrected chi connectivity index (χ0v) is 14.6. The van der Waals surface area contributed by atoms with E-state index >= 15 is 0 Å². The van der Waals surface area contributed by atoms with Gasteiger partial charge in [0.25, 0.3) is 5.91 Å². The third-order valence-corrected chi connectivity index (χ3v) is 3.66. The molecule has 0 aliphatic heterocycles. The molecule has 0 spiro atoms. The molecule has 3 aromatic rings. The van der Waals surface area contributed by atoms with Crippen molar-refractivity contribution in [3.63, 3.8) is 0 Å². The maximum atomic E-state index is 12.7. The SMILES string of the molecule is Cl.O=C(O)CNC(=O)c1c(O)cc(-c2ccc(C(F)(F)F)cc2)n2ncnc12. The molecule has 12 heteroatoms. The highest BCUT2D eigenvalue weighted by atomic mass is 35.5. The fourth-order valence-electron chi connectivity index (χ4n) is 2.46. The van der Waals surface area contributed by atoms with Crippen LogP contribution in [0.15, 0.2) is 36.7 Å². The van der Waals surface area contributed by atoms with Gasteiger partial charge in [-0.3, -0.25) is 9.59 Å². The number of fused-ring (bicyclic) bond motifs is 1. The Balaban J connectivity index is 0.00000280. The molecule has 3 rings (SSSR count). The standard InChI is InChI=1S/C16H11F3N4O4.ClH/c17-16(18,19)9-3-1-8(2-4-9)10-5-11(24)13(14-21-7-22-23(10)14)15(27)20-6-12(25)26;/h1-5,7,24H,6H2,(H,20,27)(H,25,26);1H. The number of amides is 1. The summed E-state index contributed by atoms with van der Waals surface area (Å²) in [6.07, 6.45) is -3.40. The number of hydrogen-bond donors (Lipinski definition) is 3. The van der Waals surface area contributed by atoms with E-state index in [0.717, 1.165) is 29.0 Å². The number of rotatable bonds is 4. The van der Waals surface area contributed by atoms with Crippen molar-refractivity contribution in [2.75, 3.05) is 6.54 Å². The van der Waals surface area contributed by atoms with E-state index in [2.05, 4.69) is 15.4 Å². The molecular weight excluding hydrogens is 405 g/mol. The lowest BCUT2D eigenvalue weighted by Crippen LogP contribution is -2.29. The molecule has 2 aromatic heterocycles. The molecule has 148 valence electrons. The van der Waals surface area contributed by atoms with Crippen molar-refractivity contribution in [3.8, 4) is 17.0 Å². The van der Waals surface area contributed by atoms with Gasteiger partial charge in [-0.15, -0.1) is 12.4 Å². The summed E-state index contributed by atoms with van der Waals surface area (Å²) < 4.78 is 39.3. The Labute approximate surface area is 161 Å². The maximum Gasteiger partial charge on any atom is 0.416 e. The van der Waals surface area contributed by atoms with Crippen molar-refractivity contribution < 1.29 is 33.0 Å². The Kier molecular flexibility index (Phi) is 5.78. The van der Waals surface area contributed by atoms with Crippen molar-refractivity contribution in [3.05, 3.63) is 47.8 Å². The minimum absolute atomic E-state index is 0. The summed E-state index contributed by atoms with van der Waals surface area (Å²) in [5, 5.41) is 24.9. The number of pyridine rings is 1. The number of halogens is 4. The second kappa shape index (κ2) is 7.72. The number of aromatic hydroxyl groups is 1. The van der Waals surface area contributed by atoms with Crippen LogP contribution in [0.25, 0.3) is 16.9 Å². The van der Waals surface area contributed by atoms with Crippen LogP contribution >= 0.6 is 12.4 Å². The molecule has 1 amide bonds. The fraction of sp³-hybridized carbons (Fsp3) is 0.125. The van der Waals surface area contributed by atoms with Gasteiger partial charge in [0.1, 0.15) is 24.2 Å². The Morgan fingerprint density at radius 1 is 1.18 bits per heavy atom. The van der Waals surface area contributed by atoms with E-state index in [-0.39, 0.29) is 29.3 Å². The van der Waals surface area contributed by atoms with Gasteiger partial charge in [0.2, 0.25) is 0 Å². The lowest BCUT2D eigenvalue weighted by atomic mass is 10.1. The van der Waals surface area contributed by atoms with Gasteiger partial charge < -0.3 is 15.5 Å². The van der Waals surface area contributed by atoms with E-state index in [0.29, 0.717) is 5.56 Å². The van der Waals surface area contributed by atoms with E-state index in [4.69, 9.17) is 5.11 Å². The van der Waals surface area contributed by atoms with Crippen LogP contribution in [0, 0.1) is 0 Å². The summed E-state index contributed by atoms with van der Waals surface area (Å²) in [5.74, 6) is -2.68. The first kappa shape index (κ1) is 21.0. The summed E-state index contributed by atoms with van der Waals surface area (Å²) in [6, 6.07) is 5.29. The second-order valence-corrected chi connectivity index (χ2v) is 5.44. The highest BCUT2D eigenvalue weighted by Gasteiger charge is 2.30. The Morgan fingerprint density at radius 2 is 1.82 bits per heavy atom. The maximum absolute atomic E-state index is 12.7. The summed E-state index contributed by atoms with van der Waals surface area (Å²) >= 11 is 0. The quantitative estimate of drug-likeness (QED) is 0.601. The average molecular weight is 417 g/mol. The van der Waals surface area contributed by atoms with Gasteiger partial charge in [-0.25, -0.2) is 9.50 Å².